The Morgan fingerprint density at radius 2 is 1.81 bits per heavy atom. The predicted molar refractivity (Wildman–Crippen MR) is 175 cm³/mol. The van der Waals surface area contributed by atoms with E-state index in [0.29, 0.717) is 17.3 Å². The number of imidazole rings is 1. The third-order valence-corrected chi connectivity index (χ3v) is 8.96. The van der Waals surface area contributed by atoms with Crippen LogP contribution in [0.4, 0.5) is 11.4 Å². The fourth-order valence-corrected chi connectivity index (χ4v) is 6.38. The number of imide groups is 1. The largest absolute Gasteiger partial charge is 0.494 e. The molecule has 0 spiro atoms. The molecule has 5 aromatic rings. The SMILES string of the molecule is C[C@H]1CCCN1Cc1nc2ccc(NC(=O)c3ccc(C(=O)N=Nc4cccc5c(O)n(C6CCC(=O)NC6=O)c(O)c45)cc3)cc2[nH]1. The molecule has 0 saturated carbocycles. The molecule has 2 aromatic heterocycles. The summed E-state index contributed by atoms with van der Waals surface area (Å²) in [6.45, 7) is 4.04. The number of benzene rings is 3. The number of fused-ring (bicyclic) bond motifs is 2. The van der Waals surface area contributed by atoms with Crippen molar-refractivity contribution in [3.8, 4) is 11.8 Å². The van der Waals surface area contributed by atoms with Crippen molar-refractivity contribution in [2.75, 3.05) is 11.9 Å². The second-order valence-corrected chi connectivity index (χ2v) is 12.1. The van der Waals surface area contributed by atoms with Crippen LogP contribution in [0.2, 0.25) is 0 Å². The minimum absolute atomic E-state index is 0.0472. The molecule has 2 atom stereocenters. The monoisotopic (exact) mass is 648 g/mol. The molecule has 7 rings (SSSR count). The van der Waals surface area contributed by atoms with Crippen molar-refractivity contribution in [3.05, 3.63) is 77.6 Å². The van der Waals surface area contributed by atoms with Crippen LogP contribution in [-0.2, 0) is 16.1 Å². The first-order valence-electron chi connectivity index (χ1n) is 15.6. The topological polar surface area (TPSA) is 194 Å². The zero-order valence-corrected chi connectivity index (χ0v) is 25.9. The van der Waals surface area contributed by atoms with Gasteiger partial charge in [0.15, 0.2) is 0 Å². The first-order chi connectivity index (χ1) is 23.2. The number of rotatable bonds is 7. The number of carbonyl (C=O) groups is 4. The van der Waals surface area contributed by atoms with Crippen LogP contribution in [0.5, 0.6) is 11.8 Å². The molecule has 14 nitrogen and oxygen atoms in total. The number of aromatic hydroxyl groups is 2. The van der Waals surface area contributed by atoms with Gasteiger partial charge < -0.3 is 20.5 Å². The van der Waals surface area contributed by atoms with E-state index in [1.807, 2.05) is 12.1 Å². The fourth-order valence-electron chi connectivity index (χ4n) is 6.38. The number of aromatic nitrogens is 3. The maximum atomic E-state index is 13.0. The Kier molecular flexibility index (Phi) is 7.93. The molecule has 5 N–H and O–H groups in total. The first-order valence-corrected chi connectivity index (χ1v) is 15.6. The maximum absolute atomic E-state index is 13.0. The van der Waals surface area contributed by atoms with Crippen molar-refractivity contribution in [1.82, 2.24) is 24.8 Å². The van der Waals surface area contributed by atoms with Crippen molar-refractivity contribution in [3.63, 3.8) is 0 Å². The van der Waals surface area contributed by atoms with Gasteiger partial charge in [-0.3, -0.25) is 34.0 Å². The number of piperidine rings is 1. The lowest BCUT2D eigenvalue weighted by Crippen LogP contribution is -2.41. The number of amides is 4. The Labute approximate surface area is 273 Å². The summed E-state index contributed by atoms with van der Waals surface area (Å²) in [5.41, 5.74) is 2.84. The summed E-state index contributed by atoms with van der Waals surface area (Å²) < 4.78 is 1.04. The Bertz CT molecular complexity index is 2130. The van der Waals surface area contributed by atoms with Crippen LogP contribution in [0.1, 0.15) is 65.2 Å². The number of nitrogens with one attached hydrogen (secondary N) is 3. The molecular weight excluding hydrogens is 616 g/mol. The zero-order chi connectivity index (χ0) is 33.5. The maximum Gasteiger partial charge on any atom is 0.295 e. The Hall–Kier alpha value is -5.89. The average Bonchev–Trinajstić information content (AvgIpc) is 3.75. The van der Waals surface area contributed by atoms with Gasteiger partial charge in [0.25, 0.3) is 11.8 Å². The van der Waals surface area contributed by atoms with E-state index in [2.05, 4.69) is 37.7 Å². The van der Waals surface area contributed by atoms with Gasteiger partial charge in [0.05, 0.1) is 28.7 Å². The number of hydrogen-bond acceptors (Lipinski definition) is 9. The van der Waals surface area contributed by atoms with E-state index < -0.39 is 29.6 Å². The Morgan fingerprint density at radius 3 is 2.56 bits per heavy atom. The van der Waals surface area contributed by atoms with Gasteiger partial charge in [0.2, 0.25) is 23.6 Å². The molecule has 244 valence electrons. The molecule has 1 unspecified atom stereocenters. The van der Waals surface area contributed by atoms with Crippen LogP contribution < -0.4 is 10.6 Å². The highest BCUT2D eigenvalue weighted by atomic mass is 16.3. The molecule has 2 saturated heterocycles. The van der Waals surface area contributed by atoms with Gasteiger partial charge in [-0.2, -0.15) is 0 Å². The third kappa shape index (κ3) is 5.77. The second kappa shape index (κ2) is 12.4. The van der Waals surface area contributed by atoms with E-state index >= 15 is 0 Å². The molecule has 14 heteroatoms. The molecule has 0 radical (unpaired) electrons. The number of likely N-dealkylation sites (tertiary alicyclic amines) is 1. The third-order valence-electron chi connectivity index (χ3n) is 8.96. The minimum Gasteiger partial charge on any atom is -0.494 e. The van der Waals surface area contributed by atoms with Gasteiger partial charge in [-0.15, -0.1) is 10.2 Å². The van der Waals surface area contributed by atoms with Crippen LogP contribution in [0, 0.1) is 0 Å². The zero-order valence-electron chi connectivity index (χ0n) is 25.9. The molecular formula is C34H32N8O6. The average molecular weight is 649 g/mol. The quantitative estimate of drug-likeness (QED) is 0.119. The lowest BCUT2D eigenvalue weighted by Gasteiger charge is -2.23. The number of azo groups is 1. The lowest BCUT2D eigenvalue weighted by molar-refractivity contribution is -0.135. The highest BCUT2D eigenvalue weighted by Crippen LogP contribution is 2.44. The smallest absolute Gasteiger partial charge is 0.295 e. The summed E-state index contributed by atoms with van der Waals surface area (Å²) in [7, 11) is 0. The fraction of sp³-hybridized carbons (Fsp3) is 0.265. The highest BCUT2D eigenvalue weighted by molar-refractivity contribution is 6.06. The van der Waals surface area contributed by atoms with Crippen LogP contribution in [-0.4, -0.2) is 65.9 Å². The molecule has 2 aliphatic rings. The second-order valence-electron chi connectivity index (χ2n) is 12.1. The van der Waals surface area contributed by atoms with E-state index in [4.69, 9.17) is 4.98 Å². The van der Waals surface area contributed by atoms with Gasteiger partial charge in [-0.25, -0.2) is 4.98 Å². The van der Waals surface area contributed by atoms with E-state index in [1.54, 1.807) is 12.1 Å². The van der Waals surface area contributed by atoms with E-state index in [1.165, 1.54) is 49.2 Å². The van der Waals surface area contributed by atoms with Gasteiger partial charge in [-0.1, -0.05) is 6.07 Å². The molecule has 4 amide bonds. The van der Waals surface area contributed by atoms with Gasteiger partial charge in [-0.05, 0) is 87.3 Å². The number of carbonyl (C=O) groups excluding carboxylic acids is 4. The molecule has 2 fully saturated rings. The summed E-state index contributed by atoms with van der Waals surface area (Å²) in [5.74, 6) is -2.08. The molecule has 0 bridgehead atoms. The summed E-state index contributed by atoms with van der Waals surface area (Å²) in [6.07, 6.45) is 2.52. The highest BCUT2D eigenvalue weighted by Gasteiger charge is 2.33. The van der Waals surface area contributed by atoms with Crippen molar-refractivity contribution >= 4 is 56.8 Å². The van der Waals surface area contributed by atoms with E-state index in [0.717, 1.165) is 34.5 Å². The summed E-state index contributed by atoms with van der Waals surface area (Å²) >= 11 is 0. The number of aromatic amines is 1. The van der Waals surface area contributed by atoms with Crippen LogP contribution >= 0.6 is 0 Å². The minimum atomic E-state index is -1.01. The van der Waals surface area contributed by atoms with Crippen molar-refractivity contribution in [1.29, 1.82) is 0 Å². The lowest BCUT2D eigenvalue weighted by atomic mass is 10.1. The van der Waals surface area contributed by atoms with Gasteiger partial charge in [0, 0.05) is 34.7 Å². The summed E-state index contributed by atoms with van der Waals surface area (Å²) in [5, 5.41) is 35.0. The Balaban J connectivity index is 1.03. The molecule has 4 heterocycles. The number of hydrogen-bond donors (Lipinski definition) is 5. The van der Waals surface area contributed by atoms with Crippen LogP contribution in [0.15, 0.2) is 70.9 Å². The van der Waals surface area contributed by atoms with E-state index in [-0.39, 0.29) is 46.7 Å². The standard InChI is InChI=1S/C34H32N8O6/c1-18-4-3-15-41(18)17-27-36-23-12-11-21(16-25(23)37-27)35-30(44)19-7-9-20(10-8-19)31(45)40-39-24-6-2-5-22-29(24)34(48)42(33(22)47)26-13-14-28(43)38-32(26)46/h2,5-12,16,18,26,47-48H,3-4,13-15,17H2,1H3,(H,35,44)(H,36,37)(H,38,43,46)/t18-,26?/m0/s1. The molecule has 2 aliphatic heterocycles. The molecule has 48 heavy (non-hydrogen) atoms. The molecule has 3 aromatic carbocycles. The van der Waals surface area contributed by atoms with Crippen molar-refractivity contribution in [2.24, 2.45) is 10.2 Å². The van der Waals surface area contributed by atoms with Crippen LogP contribution in [0.3, 0.4) is 0 Å². The van der Waals surface area contributed by atoms with Gasteiger partial charge >= 0.3 is 0 Å². The van der Waals surface area contributed by atoms with Gasteiger partial charge in [0.1, 0.15) is 11.9 Å². The summed E-state index contributed by atoms with van der Waals surface area (Å²) in [6, 6.07) is 15.5. The van der Waals surface area contributed by atoms with Crippen molar-refractivity contribution in [2.45, 2.75) is 51.2 Å². The normalized spacial score (nSPS) is 18.6. The van der Waals surface area contributed by atoms with Crippen molar-refractivity contribution < 1.29 is 29.4 Å². The first kappa shape index (κ1) is 30.7. The number of nitrogens with zero attached hydrogens (tertiary/aromatic N) is 5. The Morgan fingerprint density at radius 1 is 1.02 bits per heavy atom. The summed E-state index contributed by atoms with van der Waals surface area (Å²) in [4.78, 5) is 60.3. The van der Waals surface area contributed by atoms with E-state index in [9.17, 15) is 29.4 Å². The number of H-pyrrole nitrogens is 1. The number of anilines is 1. The predicted octanol–water partition coefficient (Wildman–Crippen LogP) is 5.07. The molecule has 0 aliphatic carbocycles. The van der Waals surface area contributed by atoms with Crippen LogP contribution in [0.25, 0.3) is 21.8 Å².